The zero-order valence-corrected chi connectivity index (χ0v) is 83.6. The van der Waals surface area contributed by atoms with Gasteiger partial charge in [0.25, 0.3) is 0 Å². The van der Waals surface area contributed by atoms with Crippen LogP contribution in [0, 0.1) is 0 Å². The molecule has 14 atom stereocenters. The molecule has 2 rings (SSSR count). The van der Waals surface area contributed by atoms with E-state index in [1.807, 2.05) is 0 Å². The Balaban J connectivity index is 2.84. The van der Waals surface area contributed by atoms with Gasteiger partial charge in [0, 0.05) is 12.8 Å². The number of esters is 4. The van der Waals surface area contributed by atoms with E-state index in [4.69, 9.17) is 42.2 Å². The second-order valence-corrected chi connectivity index (χ2v) is 40.0. The summed E-state index contributed by atoms with van der Waals surface area (Å²) in [5.74, 6) is -5.03. The maximum absolute atomic E-state index is 15.3. The maximum atomic E-state index is 15.3. The Kier molecular flexibility index (Phi) is 76.3. The number of ether oxygens (including phenoxy) is 7. The van der Waals surface area contributed by atoms with E-state index in [0.29, 0.717) is 38.5 Å². The van der Waals surface area contributed by atoms with Crippen molar-refractivity contribution >= 4 is 51.3 Å². The lowest BCUT2D eigenvalue weighted by atomic mass is 9.95. The van der Waals surface area contributed by atoms with Crippen LogP contribution < -0.4 is 10.6 Å². The van der Waals surface area contributed by atoms with Crippen LogP contribution in [0.2, 0.25) is 0 Å². The third kappa shape index (κ3) is 66.8. The number of phosphoric ester groups is 2. The molecule has 2 aliphatic heterocycles. The van der Waals surface area contributed by atoms with Gasteiger partial charge in [0.2, 0.25) is 11.8 Å². The predicted molar refractivity (Wildman–Crippen MR) is 508 cm³/mol. The summed E-state index contributed by atoms with van der Waals surface area (Å²) in [6.45, 7) is 11.0. The molecule has 0 aromatic heterocycles. The van der Waals surface area contributed by atoms with Crippen LogP contribution in [-0.2, 0) is 80.1 Å². The number of amides is 2. The van der Waals surface area contributed by atoms with Gasteiger partial charge in [-0.3, -0.25) is 37.8 Å². The number of hydrogen-bond donors (Lipinski definition) is 10. The Morgan fingerprint density at radius 1 is 0.318 bits per heavy atom. The van der Waals surface area contributed by atoms with Crippen LogP contribution in [0.25, 0.3) is 0 Å². The zero-order valence-electron chi connectivity index (χ0n) is 81.8. The maximum Gasteiger partial charge on any atom is 0.472 e. The minimum absolute atomic E-state index is 0.0784. The van der Waals surface area contributed by atoms with E-state index >= 15 is 9.59 Å². The van der Waals surface area contributed by atoms with Crippen molar-refractivity contribution in [3.8, 4) is 0 Å². The van der Waals surface area contributed by atoms with Crippen molar-refractivity contribution < 1.29 is 120 Å². The summed E-state index contributed by atoms with van der Waals surface area (Å²) < 4.78 is 80.5. The zero-order chi connectivity index (χ0) is 94.7. The van der Waals surface area contributed by atoms with Crippen LogP contribution in [-0.4, -0.2) is 175 Å². The van der Waals surface area contributed by atoms with E-state index in [1.54, 1.807) is 0 Å². The molecule has 0 bridgehead atoms. The van der Waals surface area contributed by atoms with Gasteiger partial charge in [0.1, 0.15) is 48.7 Å². The molecule has 0 aromatic rings. The number of carbonyl (C=O) groups is 6. The number of hydrogen-bond acceptors (Lipinski definition) is 21. The summed E-state index contributed by atoms with van der Waals surface area (Å²) in [5, 5.41) is 51.7. The van der Waals surface area contributed by atoms with Gasteiger partial charge in [0.15, 0.2) is 24.8 Å². The Labute approximate surface area is 780 Å². The first-order valence-electron chi connectivity index (χ1n) is 52.7. The highest BCUT2D eigenvalue weighted by atomic mass is 31.2. The van der Waals surface area contributed by atoms with Gasteiger partial charge < -0.3 is 83.8 Å². The number of aliphatic hydroxyl groups is 4. The minimum Gasteiger partial charge on any atom is -0.462 e. The molecule has 2 aliphatic rings. The standard InChI is InChI=1S/C100H190N2O25P2/c1-7-13-19-25-31-37-41-47-52-57-63-69-81(104)75-87(106)101-93-97(124-91(110)76-82(105)70-64-58-51-45-35-29-23-17-11-5)95(112)86(123-100(93)127-129(116,117)118)80-119-99-94(102-88(107)77-83(71-65-59-54-48-42-38-32-26-20-14-8-2)120-89(108)73-67-61-55-49-43-39-33-27-21-15-9-3)98(96(85(79-103)122-99)126-128(113,114)115)125-92(111)78-84(72-66-60-53-46-36-30-24-18-12-6)121-90(109)74-68-62-56-50-44-40-34-28-22-16-10-4/h81-86,93-100,103-105,112H,7-80H2,1-6H3,(H,101,106)(H,102,107)(H2,113,114,115)(H2,116,117,118)/t81?,82?,83?,84?,85-,86-,93-,94-,95-,96-,97-,98-,99-,100-/m1/s1. The molecule has 29 heteroatoms. The summed E-state index contributed by atoms with van der Waals surface area (Å²) in [7, 11) is -11.4. The van der Waals surface area contributed by atoms with Crippen LogP contribution in [0.5, 0.6) is 0 Å². The molecule has 0 saturated carbocycles. The average Bonchev–Trinajstić information content (AvgIpc) is 0.778. The van der Waals surface area contributed by atoms with Gasteiger partial charge in [0.05, 0.1) is 51.1 Å². The molecule has 2 saturated heterocycles. The highest BCUT2D eigenvalue weighted by molar-refractivity contribution is 7.46. The van der Waals surface area contributed by atoms with Crippen LogP contribution in [0.4, 0.5) is 0 Å². The number of phosphoric acid groups is 2. The lowest BCUT2D eigenvalue weighted by Crippen LogP contribution is -2.68. The lowest BCUT2D eigenvalue weighted by molar-refractivity contribution is -0.297. The van der Waals surface area contributed by atoms with Crippen LogP contribution >= 0.6 is 15.6 Å². The molecule has 2 fully saturated rings. The molecule has 10 N–H and O–H groups in total. The third-order valence-electron chi connectivity index (χ3n) is 25.4. The topological polar surface area (TPSA) is 406 Å². The summed E-state index contributed by atoms with van der Waals surface area (Å²) in [6.07, 6.45) is 41.8. The van der Waals surface area contributed by atoms with Gasteiger partial charge in [-0.2, -0.15) is 0 Å². The summed E-state index contributed by atoms with van der Waals surface area (Å²) >= 11 is 0. The molecule has 0 aromatic carbocycles. The molecule has 760 valence electrons. The molecular weight excluding hydrogens is 1690 g/mol. The van der Waals surface area contributed by atoms with Gasteiger partial charge in [-0.1, -0.05) is 414 Å². The number of unbranched alkanes of at least 4 members (excludes halogenated alkanes) is 56. The molecule has 27 nitrogen and oxygen atoms in total. The minimum atomic E-state index is -5.69. The van der Waals surface area contributed by atoms with Crippen molar-refractivity contribution in [1.82, 2.24) is 10.6 Å². The first-order chi connectivity index (χ1) is 62.3. The lowest BCUT2D eigenvalue weighted by Gasteiger charge is -2.47. The van der Waals surface area contributed by atoms with Crippen molar-refractivity contribution in [2.24, 2.45) is 0 Å². The molecular formula is C100H190N2O25P2. The van der Waals surface area contributed by atoms with E-state index < -0.39 is 176 Å². The average molecular weight is 1880 g/mol. The fraction of sp³-hybridized carbons (Fsp3) is 0.940. The number of carbonyl (C=O) groups excluding carboxylic acids is 6. The number of nitrogens with one attached hydrogen (secondary N) is 2. The molecule has 4 unspecified atom stereocenters. The molecule has 0 radical (unpaired) electrons. The van der Waals surface area contributed by atoms with Gasteiger partial charge in [-0.15, -0.1) is 0 Å². The largest absolute Gasteiger partial charge is 0.472 e. The van der Waals surface area contributed by atoms with Crippen LogP contribution in [0.15, 0.2) is 0 Å². The van der Waals surface area contributed by atoms with Gasteiger partial charge in [-0.25, -0.2) is 9.13 Å². The summed E-state index contributed by atoms with van der Waals surface area (Å²) in [6, 6.07) is -3.86. The normalized spacial score (nSPS) is 20.0. The van der Waals surface area contributed by atoms with Gasteiger partial charge in [-0.05, 0) is 51.4 Å². The van der Waals surface area contributed by atoms with E-state index in [2.05, 4.69) is 52.2 Å². The number of rotatable bonds is 90. The van der Waals surface area contributed by atoms with Crippen molar-refractivity contribution in [2.45, 2.75) is 590 Å². The Morgan fingerprint density at radius 2 is 0.597 bits per heavy atom. The van der Waals surface area contributed by atoms with Crippen molar-refractivity contribution in [3.63, 3.8) is 0 Å². The van der Waals surface area contributed by atoms with E-state index in [0.717, 1.165) is 231 Å². The predicted octanol–water partition coefficient (Wildman–Crippen LogP) is 22.9. The number of aliphatic hydroxyl groups excluding tert-OH is 4. The molecule has 2 amide bonds. The molecule has 0 spiro atoms. The van der Waals surface area contributed by atoms with Crippen molar-refractivity contribution in [1.29, 1.82) is 0 Å². The monoisotopic (exact) mass is 1880 g/mol. The van der Waals surface area contributed by atoms with Gasteiger partial charge >= 0.3 is 39.5 Å². The highest BCUT2D eigenvalue weighted by Gasteiger charge is 2.55. The second-order valence-electron chi connectivity index (χ2n) is 37.6. The molecule has 129 heavy (non-hydrogen) atoms. The summed E-state index contributed by atoms with van der Waals surface area (Å²) in [5.41, 5.74) is 0. The van der Waals surface area contributed by atoms with E-state index in [1.165, 1.54) is 128 Å². The van der Waals surface area contributed by atoms with Crippen molar-refractivity contribution in [3.05, 3.63) is 0 Å². The Hall–Kier alpha value is -3.24. The van der Waals surface area contributed by atoms with Crippen LogP contribution in [0.3, 0.4) is 0 Å². The second kappa shape index (κ2) is 80.8. The Bertz CT molecular complexity index is 2820. The third-order valence-corrected chi connectivity index (χ3v) is 26.4. The van der Waals surface area contributed by atoms with Crippen LogP contribution in [0.1, 0.15) is 504 Å². The van der Waals surface area contributed by atoms with Crippen molar-refractivity contribution in [2.75, 3.05) is 13.2 Å². The first kappa shape index (κ1) is 122. The quantitative estimate of drug-likeness (QED) is 0.0117. The van der Waals surface area contributed by atoms with E-state index in [-0.39, 0.29) is 38.5 Å². The van der Waals surface area contributed by atoms with E-state index in [9.17, 15) is 68.3 Å². The first-order valence-corrected chi connectivity index (χ1v) is 55.8. The Morgan fingerprint density at radius 3 is 0.938 bits per heavy atom. The molecule has 2 heterocycles. The molecule has 0 aliphatic carbocycles. The fourth-order valence-electron chi connectivity index (χ4n) is 17.6. The SMILES string of the molecule is CCCCCCCCCCCCCC(=O)OC(CCCCCCCCCCCCC)CC(=O)N[C@H]1[C@H](OC[C@H]2O[C@H](OP(=O)(O)O)[C@H](NC(=O)CC(O)CCCCCCCCCCCCC)[C@@H](OC(=O)CC(O)CCCCCCCCCCC)[C@@H]2O)O[C@H](CO)[C@@H](OP(=O)(O)O)[C@@H]1OC(=O)CC(CCCCCCCCCCC)OC(=O)CCCCCCCCCCCCC. The highest BCUT2D eigenvalue weighted by Crippen LogP contribution is 2.44. The smallest absolute Gasteiger partial charge is 0.462 e. The fourth-order valence-corrected chi connectivity index (χ4v) is 18.7. The summed E-state index contributed by atoms with van der Waals surface area (Å²) in [4.78, 5) is 129.